The number of anilines is 1. The summed E-state index contributed by atoms with van der Waals surface area (Å²) in [7, 11) is 0. The summed E-state index contributed by atoms with van der Waals surface area (Å²) in [6.07, 6.45) is 3.59. The minimum Gasteiger partial charge on any atom is -0.370 e. The molecule has 5 heteroatoms. The zero-order chi connectivity index (χ0) is 13.8. The van der Waals surface area contributed by atoms with Crippen molar-refractivity contribution in [3.8, 4) is 0 Å². The van der Waals surface area contributed by atoms with Crippen LogP contribution in [0, 0.1) is 6.92 Å². The van der Waals surface area contributed by atoms with Gasteiger partial charge in [0.15, 0.2) is 0 Å². The second-order valence-corrected chi connectivity index (χ2v) is 5.27. The topological polar surface area (TPSA) is 46.9 Å². The number of aryl methyl sites for hydroxylation is 1. The number of hydrogen-bond acceptors (Lipinski definition) is 3. The molecule has 2 aromatic rings. The Labute approximate surface area is 120 Å². The van der Waals surface area contributed by atoms with Gasteiger partial charge in [0.2, 0.25) is 0 Å². The number of aromatic nitrogens is 2. The van der Waals surface area contributed by atoms with Gasteiger partial charge in [-0.1, -0.05) is 6.07 Å². The van der Waals surface area contributed by atoms with Crippen LogP contribution in [-0.4, -0.2) is 16.1 Å². The summed E-state index contributed by atoms with van der Waals surface area (Å²) in [6, 6.07) is 5.73. The first-order chi connectivity index (χ1) is 9.10. The predicted octanol–water partition coefficient (Wildman–Crippen LogP) is 2.79. The molecule has 0 aromatic carbocycles. The first kappa shape index (κ1) is 13.8. The molecule has 19 heavy (non-hydrogen) atoms. The molecule has 100 valence electrons. The highest BCUT2D eigenvalue weighted by atomic mass is 79.9. The third-order valence-corrected chi connectivity index (χ3v) is 3.20. The molecule has 0 radical (unpaired) electrons. The Morgan fingerprint density at radius 2 is 2.21 bits per heavy atom. The Kier molecular flexibility index (Phi) is 4.37. The summed E-state index contributed by atoms with van der Waals surface area (Å²) in [6.45, 7) is 5.21. The summed E-state index contributed by atoms with van der Waals surface area (Å²) < 4.78 is 2.59. The quantitative estimate of drug-likeness (QED) is 0.941. The lowest BCUT2D eigenvalue weighted by Gasteiger charge is -2.08. The predicted molar refractivity (Wildman–Crippen MR) is 80.6 cm³/mol. The molecule has 0 saturated carbocycles. The molecule has 0 spiro atoms. The van der Waals surface area contributed by atoms with Gasteiger partial charge in [-0.2, -0.15) is 0 Å². The molecule has 0 fully saturated rings. The van der Waals surface area contributed by atoms with Crippen molar-refractivity contribution in [2.24, 2.45) is 0 Å². The number of nitrogens with zero attached hydrogens (tertiary/aromatic N) is 2. The first-order valence-corrected chi connectivity index (χ1v) is 6.95. The summed E-state index contributed by atoms with van der Waals surface area (Å²) in [4.78, 5) is 16.3. The van der Waals surface area contributed by atoms with Gasteiger partial charge in [-0.3, -0.25) is 4.79 Å². The molecule has 0 saturated heterocycles. The van der Waals surface area contributed by atoms with Crippen molar-refractivity contribution in [3.05, 3.63) is 56.5 Å². The molecule has 0 aliphatic heterocycles. The lowest BCUT2D eigenvalue weighted by molar-refractivity contribution is 0.746. The fourth-order valence-electron chi connectivity index (χ4n) is 1.86. The number of hydrogen-bond donors (Lipinski definition) is 1. The van der Waals surface area contributed by atoms with Gasteiger partial charge in [-0.05, 0) is 47.5 Å². The molecule has 1 N–H and O–H groups in total. The average molecular weight is 322 g/mol. The van der Waals surface area contributed by atoms with Crippen molar-refractivity contribution in [2.75, 3.05) is 11.9 Å². The molecule has 2 aromatic heterocycles. The van der Waals surface area contributed by atoms with Crippen LogP contribution in [0.2, 0.25) is 0 Å². The van der Waals surface area contributed by atoms with Crippen molar-refractivity contribution in [1.29, 1.82) is 0 Å². The third-order valence-electron chi connectivity index (χ3n) is 2.77. The lowest BCUT2D eigenvalue weighted by atomic mass is 10.2. The van der Waals surface area contributed by atoms with Gasteiger partial charge >= 0.3 is 0 Å². The Hall–Kier alpha value is -1.62. The second kappa shape index (κ2) is 6.02. The van der Waals surface area contributed by atoms with Crippen LogP contribution in [0.1, 0.15) is 18.1 Å². The smallest absolute Gasteiger partial charge is 0.253 e. The second-order valence-electron chi connectivity index (χ2n) is 4.36. The number of pyridine rings is 2. The van der Waals surface area contributed by atoms with Gasteiger partial charge in [0.05, 0.1) is 6.54 Å². The Morgan fingerprint density at radius 1 is 1.42 bits per heavy atom. The van der Waals surface area contributed by atoms with E-state index in [1.54, 1.807) is 17.0 Å². The van der Waals surface area contributed by atoms with E-state index in [2.05, 4.69) is 26.2 Å². The molecule has 0 amide bonds. The number of halogens is 1. The molecular weight excluding hydrogens is 306 g/mol. The molecular formula is C14H16BrN3O. The van der Waals surface area contributed by atoms with E-state index >= 15 is 0 Å². The van der Waals surface area contributed by atoms with E-state index in [1.807, 2.05) is 32.0 Å². The van der Waals surface area contributed by atoms with Crippen LogP contribution in [-0.2, 0) is 6.54 Å². The maximum atomic E-state index is 12.0. The largest absolute Gasteiger partial charge is 0.370 e. The van der Waals surface area contributed by atoms with Gasteiger partial charge < -0.3 is 9.88 Å². The molecule has 0 aliphatic rings. The molecule has 0 unspecified atom stereocenters. The SMILES string of the molecule is CCNc1ccc(Cn2cc(Br)cc(C)c2=O)cn1. The van der Waals surface area contributed by atoms with Crippen molar-refractivity contribution < 1.29 is 0 Å². The fourth-order valence-corrected chi connectivity index (χ4v) is 2.45. The Balaban J connectivity index is 2.24. The van der Waals surface area contributed by atoms with Crippen molar-refractivity contribution in [2.45, 2.75) is 20.4 Å². The lowest BCUT2D eigenvalue weighted by Crippen LogP contribution is -2.22. The van der Waals surface area contributed by atoms with E-state index in [9.17, 15) is 4.79 Å². The van der Waals surface area contributed by atoms with Crippen LogP contribution in [0.15, 0.2) is 39.9 Å². The maximum absolute atomic E-state index is 12.0. The summed E-state index contributed by atoms with van der Waals surface area (Å²) in [5, 5.41) is 3.14. The highest BCUT2D eigenvalue weighted by Gasteiger charge is 2.03. The minimum absolute atomic E-state index is 0.0268. The van der Waals surface area contributed by atoms with Gasteiger partial charge in [-0.15, -0.1) is 0 Å². The van der Waals surface area contributed by atoms with Crippen LogP contribution in [0.25, 0.3) is 0 Å². The van der Waals surface area contributed by atoms with Crippen LogP contribution in [0.5, 0.6) is 0 Å². The third kappa shape index (κ3) is 3.44. The van der Waals surface area contributed by atoms with E-state index in [0.29, 0.717) is 6.54 Å². The summed E-state index contributed by atoms with van der Waals surface area (Å²) in [5.74, 6) is 0.851. The van der Waals surface area contributed by atoms with Gasteiger partial charge in [-0.25, -0.2) is 4.98 Å². The molecule has 2 rings (SSSR count). The van der Waals surface area contributed by atoms with E-state index in [-0.39, 0.29) is 5.56 Å². The molecule has 2 heterocycles. The first-order valence-electron chi connectivity index (χ1n) is 6.15. The molecule has 4 nitrogen and oxygen atoms in total. The van der Waals surface area contributed by atoms with E-state index in [0.717, 1.165) is 28.0 Å². The highest BCUT2D eigenvalue weighted by molar-refractivity contribution is 9.10. The van der Waals surface area contributed by atoms with E-state index < -0.39 is 0 Å². The molecule has 0 bridgehead atoms. The number of nitrogens with one attached hydrogen (secondary N) is 1. The normalized spacial score (nSPS) is 10.5. The van der Waals surface area contributed by atoms with Crippen LogP contribution < -0.4 is 10.9 Å². The van der Waals surface area contributed by atoms with E-state index in [4.69, 9.17) is 0 Å². The van der Waals surface area contributed by atoms with Gasteiger partial charge in [0.1, 0.15) is 5.82 Å². The van der Waals surface area contributed by atoms with Gasteiger partial charge in [0, 0.05) is 29.0 Å². The maximum Gasteiger partial charge on any atom is 0.253 e. The fraction of sp³-hybridized carbons (Fsp3) is 0.286. The highest BCUT2D eigenvalue weighted by Crippen LogP contribution is 2.10. The van der Waals surface area contributed by atoms with Crippen LogP contribution in [0.4, 0.5) is 5.82 Å². The van der Waals surface area contributed by atoms with E-state index in [1.165, 1.54) is 0 Å². The summed E-state index contributed by atoms with van der Waals surface area (Å²) >= 11 is 3.41. The van der Waals surface area contributed by atoms with Crippen LogP contribution >= 0.6 is 15.9 Å². The Morgan fingerprint density at radius 3 is 2.84 bits per heavy atom. The van der Waals surface area contributed by atoms with Gasteiger partial charge in [0.25, 0.3) is 5.56 Å². The van der Waals surface area contributed by atoms with Crippen molar-refractivity contribution >= 4 is 21.7 Å². The molecule has 0 aliphatic carbocycles. The molecule has 0 atom stereocenters. The Bertz CT molecular complexity index is 620. The standard InChI is InChI=1S/C14H16BrN3O/c1-3-16-13-5-4-11(7-17-13)8-18-9-12(15)6-10(2)14(18)19/h4-7,9H,3,8H2,1-2H3,(H,16,17). The average Bonchev–Trinajstić information content (AvgIpc) is 2.38. The minimum atomic E-state index is 0.0268. The summed E-state index contributed by atoms with van der Waals surface area (Å²) in [5.41, 5.74) is 1.76. The van der Waals surface area contributed by atoms with Crippen LogP contribution in [0.3, 0.4) is 0 Å². The van der Waals surface area contributed by atoms with Crippen molar-refractivity contribution in [1.82, 2.24) is 9.55 Å². The number of rotatable bonds is 4. The zero-order valence-electron chi connectivity index (χ0n) is 11.0. The van der Waals surface area contributed by atoms with Crippen molar-refractivity contribution in [3.63, 3.8) is 0 Å². The monoisotopic (exact) mass is 321 g/mol. The zero-order valence-corrected chi connectivity index (χ0v) is 12.6.